The van der Waals surface area contributed by atoms with E-state index >= 15 is 0 Å². The molecule has 4 rings (SSSR count). The second-order valence-electron chi connectivity index (χ2n) is 5.99. The fraction of sp³-hybridized carbons (Fsp3) is 0.0476. The molecule has 0 saturated heterocycles. The lowest BCUT2D eigenvalue weighted by molar-refractivity contribution is 0.102. The van der Waals surface area contributed by atoms with E-state index in [1.165, 1.54) is 18.9 Å². The van der Waals surface area contributed by atoms with Crippen molar-refractivity contribution in [2.24, 2.45) is 0 Å². The number of halogens is 2. The van der Waals surface area contributed by atoms with Crippen LogP contribution in [0.15, 0.2) is 69.9 Å². The van der Waals surface area contributed by atoms with Gasteiger partial charge in [-0.25, -0.2) is 4.98 Å². The van der Waals surface area contributed by atoms with E-state index in [1.807, 2.05) is 30.3 Å². The number of rotatable bonds is 5. The predicted molar refractivity (Wildman–Crippen MR) is 121 cm³/mol. The Morgan fingerprint density at radius 3 is 2.69 bits per heavy atom. The maximum Gasteiger partial charge on any atom is 0.259 e. The summed E-state index contributed by atoms with van der Waals surface area (Å²) in [5.74, 6) is 0.119. The molecule has 0 aliphatic carbocycles. The van der Waals surface area contributed by atoms with Gasteiger partial charge < -0.3 is 10.1 Å². The fourth-order valence-corrected chi connectivity index (χ4v) is 5.20. The van der Waals surface area contributed by atoms with Gasteiger partial charge in [0.05, 0.1) is 27.9 Å². The van der Waals surface area contributed by atoms with Gasteiger partial charge in [-0.2, -0.15) is 0 Å². The quantitative estimate of drug-likeness (QED) is 0.347. The Hall–Kier alpha value is -2.25. The van der Waals surface area contributed by atoms with E-state index in [0.717, 1.165) is 19.5 Å². The lowest BCUT2D eigenvalue weighted by Gasteiger charge is -2.11. The van der Waals surface area contributed by atoms with Gasteiger partial charge in [-0.3, -0.25) is 4.79 Å². The molecule has 3 aromatic carbocycles. The van der Waals surface area contributed by atoms with Gasteiger partial charge in [0.15, 0.2) is 4.34 Å². The molecule has 4 nitrogen and oxygen atoms in total. The van der Waals surface area contributed by atoms with Crippen LogP contribution < -0.4 is 10.1 Å². The second kappa shape index (κ2) is 8.63. The first-order chi connectivity index (χ1) is 14.0. The van der Waals surface area contributed by atoms with Gasteiger partial charge in [0, 0.05) is 15.6 Å². The topological polar surface area (TPSA) is 51.2 Å². The summed E-state index contributed by atoms with van der Waals surface area (Å²) in [6, 6.07) is 18.3. The number of nitrogens with zero attached hydrogens (tertiary/aromatic N) is 1. The van der Waals surface area contributed by atoms with Crippen molar-refractivity contribution in [3.8, 4) is 5.75 Å². The summed E-state index contributed by atoms with van der Waals surface area (Å²) in [5, 5.41) is 3.82. The third-order valence-electron chi connectivity index (χ3n) is 4.07. The van der Waals surface area contributed by atoms with Crippen molar-refractivity contribution >= 4 is 68.1 Å². The SMILES string of the molecule is COc1ccc(Cl)cc1C(=O)Nc1ccc(Sc2nc3ccccc3s2)c(Cl)c1. The number of ether oxygens (including phenoxy) is 1. The molecule has 0 bridgehead atoms. The highest BCUT2D eigenvalue weighted by molar-refractivity contribution is 8.01. The Bertz CT molecular complexity index is 1180. The number of carbonyl (C=O) groups is 1. The summed E-state index contributed by atoms with van der Waals surface area (Å²) in [4.78, 5) is 18.1. The van der Waals surface area contributed by atoms with Crippen LogP contribution in [0, 0.1) is 0 Å². The second-order valence-corrected chi connectivity index (χ2v) is 9.16. The maximum atomic E-state index is 12.6. The average Bonchev–Trinajstić information content (AvgIpc) is 3.12. The summed E-state index contributed by atoms with van der Waals surface area (Å²) >= 11 is 15.6. The van der Waals surface area contributed by atoms with E-state index in [4.69, 9.17) is 27.9 Å². The lowest BCUT2D eigenvalue weighted by atomic mass is 10.2. The number of aromatic nitrogens is 1. The Balaban J connectivity index is 1.52. The summed E-state index contributed by atoms with van der Waals surface area (Å²) in [6.45, 7) is 0. The molecule has 0 saturated carbocycles. The zero-order chi connectivity index (χ0) is 20.4. The predicted octanol–water partition coefficient (Wildman–Crippen LogP) is 7.02. The molecule has 0 aliphatic heterocycles. The van der Waals surface area contributed by atoms with Gasteiger partial charge in [0.2, 0.25) is 0 Å². The van der Waals surface area contributed by atoms with E-state index in [9.17, 15) is 4.79 Å². The Kier molecular flexibility index (Phi) is 5.96. The van der Waals surface area contributed by atoms with Crippen LogP contribution >= 0.6 is 46.3 Å². The molecular formula is C21H14Cl2N2O2S2. The molecule has 4 aromatic rings. The number of carbonyl (C=O) groups excluding carboxylic acids is 1. The smallest absolute Gasteiger partial charge is 0.259 e. The highest BCUT2D eigenvalue weighted by Gasteiger charge is 2.15. The molecule has 1 N–H and O–H groups in total. The first-order valence-electron chi connectivity index (χ1n) is 8.51. The van der Waals surface area contributed by atoms with Gasteiger partial charge >= 0.3 is 0 Å². The first-order valence-corrected chi connectivity index (χ1v) is 10.9. The molecule has 0 fully saturated rings. The van der Waals surface area contributed by atoms with Crippen molar-refractivity contribution in [3.05, 3.63) is 76.3 Å². The Morgan fingerprint density at radius 1 is 1.10 bits per heavy atom. The van der Waals surface area contributed by atoms with E-state index in [2.05, 4.69) is 10.3 Å². The van der Waals surface area contributed by atoms with Gasteiger partial charge in [0.25, 0.3) is 5.91 Å². The summed E-state index contributed by atoms with van der Waals surface area (Å²) in [7, 11) is 1.50. The number of benzene rings is 3. The minimum absolute atomic E-state index is 0.327. The number of hydrogen-bond acceptors (Lipinski definition) is 5. The number of nitrogens with one attached hydrogen (secondary N) is 1. The van der Waals surface area contributed by atoms with Crippen LogP contribution in [-0.2, 0) is 0 Å². The van der Waals surface area contributed by atoms with Crippen LogP contribution in [0.1, 0.15) is 10.4 Å². The van der Waals surface area contributed by atoms with Crippen LogP contribution in [0.2, 0.25) is 10.0 Å². The molecule has 0 atom stereocenters. The summed E-state index contributed by atoms with van der Waals surface area (Å²) in [5.41, 5.74) is 1.90. The van der Waals surface area contributed by atoms with Crippen molar-refractivity contribution in [1.82, 2.24) is 4.98 Å². The minimum Gasteiger partial charge on any atom is -0.496 e. The van der Waals surface area contributed by atoms with Crippen LogP contribution in [0.25, 0.3) is 10.2 Å². The fourth-order valence-electron chi connectivity index (χ4n) is 2.71. The molecule has 1 aromatic heterocycles. The molecule has 1 amide bonds. The maximum absolute atomic E-state index is 12.6. The van der Waals surface area contributed by atoms with Gasteiger partial charge in [-0.05, 0) is 48.5 Å². The number of para-hydroxylation sites is 1. The number of hydrogen-bond donors (Lipinski definition) is 1. The number of methoxy groups -OCH3 is 1. The molecule has 0 aliphatic rings. The number of amides is 1. The van der Waals surface area contributed by atoms with Crippen LogP contribution in [0.5, 0.6) is 5.75 Å². The zero-order valence-electron chi connectivity index (χ0n) is 15.1. The molecule has 146 valence electrons. The average molecular weight is 461 g/mol. The number of fused-ring (bicyclic) bond motifs is 1. The Labute approximate surface area is 185 Å². The standard InChI is InChI=1S/C21H14Cl2N2O2S2/c1-27-17-8-6-12(22)10-14(17)20(26)24-13-7-9-18(15(23)11-13)28-21-25-16-4-2-3-5-19(16)29-21/h2-11H,1H3,(H,24,26). The van der Waals surface area contributed by atoms with Crippen molar-refractivity contribution in [2.45, 2.75) is 9.24 Å². The van der Waals surface area contributed by atoms with E-state index in [-0.39, 0.29) is 5.91 Å². The molecule has 0 unspecified atom stereocenters. The van der Waals surface area contributed by atoms with Crippen molar-refractivity contribution in [2.75, 3.05) is 12.4 Å². The monoisotopic (exact) mass is 460 g/mol. The number of anilines is 1. The third kappa shape index (κ3) is 4.51. The molecule has 1 heterocycles. The summed E-state index contributed by atoms with van der Waals surface area (Å²) in [6.07, 6.45) is 0. The van der Waals surface area contributed by atoms with E-state index in [0.29, 0.717) is 27.0 Å². The molecular weight excluding hydrogens is 447 g/mol. The van der Waals surface area contributed by atoms with Crippen LogP contribution in [0.3, 0.4) is 0 Å². The van der Waals surface area contributed by atoms with Crippen LogP contribution in [-0.4, -0.2) is 18.0 Å². The lowest BCUT2D eigenvalue weighted by Crippen LogP contribution is -2.13. The van der Waals surface area contributed by atoms with Crippen molar-refractivity contribution in [1.29, 1.82) is 0 Å². The number of thiazole rings is 1. The minimum atomic E-state index is -0.327. The van der Waals surface area contributed by atoms with Gasteiger partial charge in [0.1, 0.15) is 5.75 Å². The molecule has 0 spiro atoms. The van der Waals surface area contributed by atoms with Crippen molar-refractivity contribution < 1.29 is 9.53 Å². The molecule has 29 heavy (non-hydrogen) atoms. The van der Waals surface area contributed by atoms with E-state index < -0.39 is 0 Å². The van der Waals surface area contributed by atoms with Crippen molar-refractivity contribution in [3.63, 3.8) is 0 Å². The third-order valence-corrected chi connectivity index (χ3v) is 6.90. The Morgan fingerprint density at radius 2 is 1.93 bits per heavy atom. The van der Waals surface area contributed by atoms with Gasteiger partial charge in [-0.1, -0.05) is 47.1 Å². The zero-order valence-corrected chi connectivity index (χ0v) is 18.3. The molecule has 8 heteroatoms. The first kappa shape index (κ1) is 20.0. The summed E-state index contributed by atoms with van der Waals surface area (Å²) < 4.78 is 7.28. The highest BCUT2D eigenvalue weighted by atomic mass is 35.5. The van der Waals surface area contributed by atoms with Crippen LogP contribution in [0.4, 0.5) is 5.69 Å². The normalized spacial score (nSPS) is 10.9. The largest absolute Gasteiger partial charge is 0.496 e. The van der Waals surface area contributed by atoms with E-state index in [1.54, 1.807) is 41.7 Å². The molecule has 0 radical (unpaired) electrons. The van der Waals surface area contributed by atoms with Gasteiger partial charge in [-0.15, -0.1) is 11.3 Å². The highest BCUT2D eigenvalue weighted by Crippen LogP contribution is 2.38.